The van der Waals surface area contributed by atoms with Crippen LogP contribution in [0.3, 0.4) is 0 Å². The summed E-state index contributed by atoms with van der Waals surface area (Å²) in [6, 6.07) is 13.9. The number of fused-ring (bicyclic) bond motifs is 1. The summed E-state index contributed by atoms with van der Waals surface area (Å²) < 4.78 is 7.00. The summed E-state index contributed by atoms with van der Waals surface area (Å²) in [5, 5.41) is 3.62. The highest BCUT2D eigenvalue weighted by atomic mass is 35.5. The summed E-state index contributed by atoms with van der Waals surface area (Å²) in [5.74, 6) is 0.449. The van der Waals surface area contributed by atoms with Crippen molar-refractivity contribution in [3.05, 3.63) is 69.7 Å². The zero-order chi connectivity index (χ0) is 22.6. The van der Waals surface area contributed by atoms with Crippen molar-refractivity contribution in [3.8, 4) is 5.69 Å². The smallest absolute Gasteiger partial charge is 0.408 e. The second-order valence-electron chi connectivity index (χ2n) is 8.42. The van der Waals surface area contributed by atoms with Crippen molar-refractivity contribution in [1.29, 1.82) is 0 Å². The number of nitrogens with zero attached hydrogens (tertiary/aromatic N) is 2. The number of carbonyl (C=O) groups excluding carboxylic acids is 1. The number of alkyl carbamates (subject to hydrolysis) is 1. The van der Waals surface area contributed by atoms with Gasteiger partial charge in [-0.05, 0) is 51.5 Å². The van der Waals surface area contributed by atoms with Crippen LogP contribution in [0.25, 0.3) is 16.6 Å². The standard InChI is InChI=1S/C24H28ClN3O3/c1-5-6-14-19(27-23(30)31-24(2,3)4)21-26-18-15-10-13-17(25)20(18)22(29)28(21)16-11-8-7-9-12-16/h7-13,15,19H,5-6,14H2,1-4H3,(H,27,30)/t19-/m1/s1. The molecule has 1 amide bonds. The number of halogens is 1. The Morgan fingerprint density at radius 3 is 2.52 bits per heavy atom. The number of para-hydroxylation sites is 1. The molecular weight excluding hydrogens is 414 g/mol. The van der Waals surface area contributed by atoms with E-state index in [1.54, 1.807) is 18.2 Å². The molecule has 1 heterocycles. The predicted molar refractivity (Wildman–Crippen MR) is 124 cm³/mol. The number of unbranched alkanes of at least 4 members (excludes halogenated alkanes) is 1. The second kappa shape index (κ2) is 9.52. The van der Waals surface area contributed by atoms with E-state index >= 15 is 0 Å². The van der Waals surface area contributed by atoms with Crippen molar-refractivity contribution in [2.45, 2.75) is 58.6 Å². The minimum Gasteiger partial charge on any atom is -0.444 e. The van der Waals surface area contributed by atoms with Crippen LogP contribution in [0.5, 0.6) is 0 Å². The number of nitrogens with one attached hydrogen (secondary N) is 1. The van der Waals surface area contributed by atoms with E-state index in [2.05, 4.69) is 12.2 Å². The SMILES string of the molecule is CCCC[C@@H](NC(=O)OC(C)(C)C)c1nc2cccc(Cl)c2c(=O)n1-c1ccccc1. The van der Waals surface area contributed by atoms with Gasteiger partial charge in [0, 0.05) is 0 Å². The Morgan fingerprint density at radius 2 is 1.87 bits per heavy atom. The first-order chi connectivity index (χ1) is 14.7. The summed E-state index contributed by atoms with van der Waals surface area (Å²) in [6.45, 7) is 7.50. The van der Waals surface area contributed by atoms with Gasteiger partial charge in [-0.1, -0.05) is 55.6 Å². The van der Waals surface area contributed by atoms with Crippen LogP contribution >= 0.6 is 11.6 Å². The number of benzene rings is 2. The predicted octanol–water partition coefficient (Wildman–Crippen LogP) is 5.80. The van der Waals surface area contributed by atoms with Gasteiger partial charge in [-0.3, -0.25) is 9.36 Å². The average molecular weight is 442 g/mol. The van der Waals surface area contributed by atoms with Gasteiger partial charge < -0.3 is 10.1 Å². The Labute approximate surface area is 187 Å². The molecule has 7 heteroatoms. The molecule has 2 aromatic carbocycles. The Bertz CT molecular complexity index is 1120. The lowest BCUT2D eigenvalue weighted by molar-refractivity contribution is 0.0497. The normalized spacial score (nSPS) is 12.5. The molecule has 0 saturated carbocycles. The molecule has 0 bridgehead atoms. The molecule has 0 aliphatic rings. The highest BCUT2D eigenvalue weighted by Gasteiger charge is 2.25. The number of aromatic nitrogens is 2. The lowest BCUT2D eigenvalue weighted by Gasteiger charge is -2.25. The molecule has 0 aliphatic carbocycles. The number of carbonyl (C=O) groups is 1. The Kier molecular flexibility index (Phi) is 7.01. The van der Waals surface area contributed by atoms with Gasteiger partial charge in [0.25, 0.3) is 5.56 Å². The molecule has 0 spiro atoms. The molecule has 6 nitrogen and oxygen atoms in total. The van der Waals surface area contributed by atoms with Gasteiger partial charge in [0.15, 0.2) is 0 Å². The number of hydrogen-bond donors (Lipinski definition) is 1. The van der Waals surface area contributed by atoms with Crippen LogP contribution in [0.2, 0.25) is 5.02 Å². The highest BCUT2D eigenvalue weighted by molar-refractivity contribution is 6.35. The molecule has 0 fully saturated rings. The number of hydrogen-bond acceptors (Lipinski definition) is 4. The van der Waals surface area contributed by atoms with Crippen molar-refractivity contribution in [2.75, 3.05) is 0 Å². The van der Waals surface area contributed by atoms with Gasteiger partial charge >= 0.3 is 6.09 Å². The number of rotatable bonds is 6. The largest absolute Gasteiger partial charge is 0.444 e. The topological polar surface area (TPSA) is 73.2 Å². The zero-order valence-electron chi connectivity index (χ0n) is 18.3. The maximum absolute atomic E-state index is 13.6. The van der Waals surface area contributed by atoms with Crippen molar-refractivity contribution >= 4 is 28.6 Å². The zero-order valence-corrected chi connectivity index (χ0v) is 19.1. The molecule has 0 unspecified atom stereocenters. The molecule has 31 heavy (non-hydrogen) atoms. The van der Waals surface area contributed by atoms with Crippen LogP contribution in [-0.4, -0.2) is 21.2 Å². The highest BCUT2D eigenvalue weighted by Crippen LogP contribution is 2.25. The van der Waals surface area contributed by atoms with Crippen LogP contribution in [0.4, 0.5) is 4.79 Å². The van der Waals surface area contributed by atoms with E-state index in [9.17, 15) is 9.59 Å². The van der Waals surface area contributed by atoms with Gasteiger partial charge in [0.2, 0.25) is 0 Å². The van der Waals surface area contributed by atoms with E-state index in [0.717, 1.165) is 12.8 Å². The van der Waals surface area contributed by atoms with Gasteiger partial charge in [0.05, 0.1) is 27.7 Å². The monoisotopic (exact) mass is 441 g/mol. The fraction of sp³-hybridized carbons (Fsp3) is 0.375. The Morgan fingerprint density at radius 1 is 1.16 bits per heavy atom. The fourth-order valence-corrected chi connectivity index (χ4v) is 3.64. The van der Waals surface area contributed by atoms with Gasteiger partial charge in [-0.25, -0.2) is 9.78 Å². The number of ether oxygens (including phenoxy) is 1. The molecule has 1 atom stereocenters. The lowest BCUT2D eigenvalue weighted by atomic mass is 10.1. The van der Waals surface area contributed by atoms with E-state index in [1.165, 1.54) is 4.57 Å². The Balaban J connectivity index is 2.20. The van der Waals surface area contributed by atoms with E-state index in [-0.39, 0.29) is 5.56 Å². The molecule has 3 rings (SSSR count). The van der Waals surface area contributed by atoms with Crippen LogP contribution in [0.1, 0.15) is 58.8 Å². The first kappa shape index (κ1) is 22.8. The summed E-state index contributed by atoms with van der Waals surface area (Å²) in [7, 11) is 0. The number of amides is 1. The van der Waals surface area contributed by atoms with E-state index in [4.69, 9.17) is 21.3 Å². The maximum Gasteiger partial charge on any atom is 0.408 e. The third-order valence-electron chi connectivity index (χ3n) is 4.74. The molecule has 1 N–H and O–H groups in total. The molecule has 0 saturated heterocycles. The van der Waals surface area contributed by atoms with Gasteiger partial charge in [0.1, 0.15) is 11.4 Å². The first-order valence-electron chi connectivity index (χ1n) is 10.5. The molecule has 0 aliphatic heterocycles. The molecular formula is C24H28ClN3O3. The van der Waals surface area contributed by atoms with Crippen LogP contribution in [0.15, 0.2) is 53.3 Å². The fourth-order valence-electron chi connectivity index (χ4n) is 3.39. The summed E-state index contributed by atoms with van der Waals surface area (Å²) in [4.78, 5) is 30.9. The first-order valence-corrected chi connectivity index (χ1v) is 10.8. The molecule has 1 aromatic heterocycles. The van der Waals surface area contributed by atoms with Crippen LogP contribution in [-0.2, 0) is 4.74 Å². The molecule has 164 valence electrons. The Hall–Kier alpha value is -2.86. The minimum absolute atomic E-state index is 0.274. The van der Waals surface area contributed by atoms with Crippen molar-refractivity contribution in [2.24, 2.45) is 0 Å². The lowest BCUT2D eigenvalue weighted by Crippen LogP contribution is -2.38. The summed E-state index contributed by atoms with van der Waals surface area (Å²) >= 11 is 6.35. The van der Waals surface area contributed by atoms with Crippen molar-refractivity contribution < 1.29 is 9.53 Å². The van der Waals surface area contributed by atoms with Crippen molar-refractivity contribution in [3.63, 3.8) is 0 Å². The van der Waals surface area contributed by atoms with Crippen LogP contribution in [0, 0.1) is 0 Å². The van der Waals surface area contributed by atoms with Gasteiger partial charge in [-0.2, -0.15) is 0 Å². The molecule has 0 radical (unpaired) electrons. The summed E-state index contributed by atoms with van der Waals surface area (Å²) in [5.41, 5.74) is 0.240. The van der Waals surface area contributed by atoms with E-state index < -0.39 is 17.7 Å². The van der Waals surface area contributed by atoms with Crippen molar-refractivity contribution in [1.82, 2.24) is 14.9 Å². The van der Waals surface area contributed by atoms with Crippen LogP contribution < -0.4 is 10.9 Å². The average Bonchev–Trinajstić information content (AvgIpc) is 2.70. The maximum atomic E-state index is 13.6. The summed E-state index contributed by atoms with van der Waals surface area (Å²) in [6.07, 6.45) is 1.84. The van der Waals surface area contributed by atoms with Gasteiger partial charge in [-0.15, -0.1) is 0 Å². The second-order valence-corrected chi connectivity index (χ2v) is 8.83. The molecule has 3 aromatic rings. The van der Waals surface area contributed by atoms with E-state index in [0.29, 0.717) is 33.9 Å². The third kappa shape index (κ3) is 5.44. The quantitative estimate of drug-likeness (QED) is 0.525. The van der Waals surface area contributed by atoms with E-state index in [1.807, 2.05) is 51.1 Å². The third-order valence-corrected chi connectivity index (χ3v) is 5.05. The minimum atomic E-state index is -0.636.